The van der Waals surface area contributed by atoms with Crippen molar-refractivity contribution in [2.24, 2.45) is 11.8 Å². The van der Waals surface area contributed by atoms with Crippen molar-refractivity contribution in [2.75, 3.05) is 5.73 Å². The van der Waals surface area contributed by atoms with Crippen LogP contribution in [0.15, 0.2) is 18.2 Å². The molecular formula is C14H18N2O2. The lowest BCUT2D eigenvalue weighted by Crippen LogP contribution is -2.38. The van der Waals surface area contributed by atoms with Crippen molar-refractivity contribution >= 4 is 11.6 Å². The number of para-hydroxylation sites is 1. The first kappa shape index (κ1) is 11.4. The number of amides is 1. The molecule has 2 aliphatic rings. The van der Waals surface area contributed by atoms with E-state index >= 15 is 0 Å². The molecule has 2 bridgehead atoms. The Balaban J connectivity index is 1.73. The van der Waals surface area contributed by atoms with Gasteiger partial charge in [0.15, 0.2) is 5.75 Å². The number of nitrogen functional groups attached to an aromatic ring is 1. The van der Waals surface area contributed by atoms with Crippen LogP contribution in [0.1, 0.15) is 36.0 Å². The number of hydrogen-bond acceptors (Lipinski definition) is 3. The number of phenols is 1. The number of phenolic OH excluding ortho intramolecular Hbond substituents is 1. The third-order valence-electron chi connectivity index (χ3n) is 4.37. The summed E-state index contributed by atoms with van der Waals surface area (Å²) in [5.41, 5.74) is 6.12. The van der Waals surface area contributed by atoms with E-state index in [2.05, 4.69) is 5.32 Å². The minimum Gasteiger partial charge on any atom is -0.505 e. The SMILES string of the molecule is Nc1cccc(C(=O)NC2CC3CCC2C3)c1O. The summed E-state index contributed by atoms with van der Waals surface area (Å²) in [6, 6.07) is 5.15. The quantitative estimate of drug-likeness (QED) is 0.551. The Kier molecular flexibility index (Phi) is 2.65. The van der Waals surface area contributed by atoms with Crippen LogP contribution in [0, 0.1) is 11.8 Å². The van der Waals surface area contributed by atoms with Gasteiger partial charge in [0.05, 0.1) is 11.3 Å². The average molecular weight is 246 g/mol. The van der Waals surface area contributed by atoms with Gasteiger partial charge in [-0.25, -0.2) is 0 Å². The Morgan fingerprint density at radius 3 is 2.83 bits per heavy atom. The number of carbonyl (C=O) groups is 1. The zero-order valence-electron chi connectivity index (χ0n) is 10.2. The van der Waals surface area contributed by atoms with Crippen LogP contribution in [-0.4, -0.2) is 17.1 Å². The van der Waals surface area contributed by atoms with Crippen molar-refractivity contribution in [1.82, 2.24) is 5.32 Å². The molecule has 4 heteroatoms. The number of aromatic hydroxyl groups is 1. The van der Waals surface area contributed by atoms with Crippen LogP contribution < -0.4 is 11.1 Å². The molecular weight excluding hydrogens is 228 g/mol. The second-order valence-electron chi connectivity index (χ2n) is 5.50. The lowest BCUT2D eigenvalue weighted by molar-refractivity contribution is 0.0920. The predicted octanol–water partition coefficient (Wildman–Crippen LogP) is 1.89. The van der Waals surface area contributed by atoms with E-state index in [1.807, 2.05) is 0 Å². The molecule has 2 saturated carbocycles. The van der Waals surface area contributed by atoms with Gasteiger partial charge in [0.1, 0.15) is 0 Å². The van der Waals surface area contributed by atoms with Gasteiger partial charge < -0.3 is 16.2 Å². The Labute approximate surface area is 106 Å². The van der Waals surface area contributed by atoms with Gasteiger partial charge in [-0.1, -0.05) is 12.5 Å². The van der Waals surface area contributed by atoms with Crippen LogP contribution in [0.4, 0.5) is 5.69 Å². The van der Waals surface area contributed by atoms with E-state index in [1.54, 1.807) is 18.2 Å². The van der Waals surface area contributed by atoms with E-state index < -0.39 is 0 Å². The van der Waals surface area contributed by atoms with Gasteiger partial charge in [-0.05, 0) is 43.2 Å². The lowest BCUT2D eigenvalue weighted by atomic mass is 9.95. The number of nitrogens with one attached hydrogen (secondary N) is 1. The summed E-state index contributed by atoms with van der Waals surface area (Å²) >= 11 is 0. The van der Waals surface area contributed by atoms with Crippen LogP contribution in [-0.2, 0) is 0 Å². The Hall–Kier alpha value is -1.71. The Morgan fingerprint density at radius 1 is 1.33 bits per heavy atom. The molecule has 0 spiro atoms. The normalized spacial score (nSPS) is 29.4. The summed E-state index contributed by atoms with van der Waals surface area (Å²) in [6.07, 6.45) is 4.85. The topological polar surface area (TPSA) is 75.4 Å². The maximum Gasteiger partial charge on any atom is 0.255 e. The van der Waals surface area contributed by atoms with Crippen LogP contribution in [0.5, 0.6) is 5.75 Å². The van der Waals surface area contributed by atoms with Gasteiger partial charge in [0, 0.05) is 6.04 Å². The number of rotatable bonds is 2. The molecule has 3 rings (SSSR count). The zero-order chi connectivity index (χ0) is 12.7. The molecule has 18 heavy (non-hydrogen) atoms. The second kappa shape index (κ2) is 4.19. The van der Waals surface area contributed by atoms with Crippen molar-refractivity contribution in [2.45, 2.75) is 31.7 Å². The Bertz CT molecular complexity index is 487. The summed E-state index contributed by atoms with van der Waals surface area (Å²) in [7, 11) is 0. The highest BCUT2D eigenvalue weighted by atomic mass is 16.3. The number of anilines is 1. The van der Waals surface area contributed by atoms with Crippen LogP contribution in [0.2, 0.25) is 0 Å². The van der Waals surface area contributed by atoms with Crippen molar-refractivity contribution < 1.29 is 9.90 Å². The van der Waals surface area contributed by atoms with Crippen molar-refractivity contribution in [3.8, 4) is 5.75 Å². The summed E-state index contributed by atoms with van der Waals surface area (Å²) in [6.45, 7) is 0. The van der Waals surface area contributed by atoms with E-state index in [4.69, 9.17) is 5.73 Å². The van der Waals surface area contributed by atoms with Gasteiger partial charge in [-0.15, -0.1) is 0 Å². The van der Waals surface area contributed by atoms with Gasteiger partial charge in [-0.2, -0.15) is 0 Å². The fraction of sp³-hybridized carbons (Fsp3) is 0.500. The first-order valence-electron chi connectivity index (χ1n) is 6.53. The van der Waals surface area contributed by atoms with Crippen LogP contribution >= 0.6 is 0 Å². The summed E-state index contributed by atoms with van der Waals surface area (Å²) < 4.78 is 0. The van der Waals surface area contributed by atoms with Crippen molar-refractivity contribution in [3.05, 3.63) is 23.8 Å². The predicted molar refractivity (Wildman–Crippen MR) is 69.2 cm³/mol. The number of hydrogen-bond donors (Lipinski definition) is 3. The molecule has 4 N–H and O–H groups in total. The third kappa shape index (κ3) is 1.82. The van der Waals surface area contributed by atoms with Gasteiger partial charge in [0.2, 0.25) is 0 Å². The van der Waals surface area contributed by atoms with Crippen molar-refractivity contribution in [3.63, 3.8) is 0 Å². The highest BCUT2D eigenvalue weighted by molar-refractivity contribution is 5.98. The summed E-state index contributed by atoms with van der Waals surface area (Å²) in [5, 5.41) is 12.8. The highest BCUT2D eigenvalue weighted by Gasteiger charge is 2.40. The standard InChI is InChI=1S/C14H18N2O2/c15-11-3-1-2-10(13(11)17)14(18)16-12-7-8-4-5-9(12)6-8/h1-3,8-9,12,17H,4-7,15H2,(H,16,18). The molecule has 2 aliphatic carbocycles. The minimum absolute atomic E-state index is 0.113. The molecule has 1 aromatic rings. The van der Waals surface area contributed by atoms with Crippen LogP contribution in [0.25, 0.3) is 0 Å². The maximum atomic E-state index is 12.1. The molecule has 1 amide bonds. The maximum absolute atomic E-state index is 12.1. The average Bonchev–Trinajstić information content (AvgIpc) is 2.94. The molecule has 96 valence electrons. The van der Waals surface area contributed by atoms with E-state index in [-0.39, 0.29) is 28.9 Å². The first-order chi connectivity index (χ1) is 8.65. The largest absolute Gasteiger partial charge is 0.505 e. The minimum atomic E-state index is -0.211. The Morgan fingerprint density at radius 2 is 2.17 bits per heavy atom. The number of benzene rings is 1. The second-order valence-corrected chi connectivity index (χ2v) is 5.50. The molecule has 3 atom stereocenters. The fourth-order valence-corrected chi connectivity index (χ4v) is 3.41. The molecule has 0 aliphatic heterocycles. The smallest absolute Gasteiger partial charge is 0.255 e. The molecule has 0 heterocycles. The van der Waals surface area contributed by atoms with E-state index in [0.29, 0.717) is 5.92 Å². The molecule has 0 saturated heterocycles. The third-order valence-corrected chi connectivity index (χ3v) is 4.37. The fourth-order valence-electron chi connectivity index (χ4n) is 3.41. The summed E-state index contributed by atoms with van der Waals surface area (Å²) in [5.74, 6) is 1.09. The molecule has 0 radical (unpaired) electrons. The molecule has 3 unspecified atom stereocenters. The van der Waals surface area contributed by atoms with Gasteiger partial charge >= 0.3 is 0 Å². The van der Waals surface area contributed by atoms with E-state index in [9.17, 15) is 9.90 Å². The van der Waals surface area contributed by atoms with E-state index in [1.165, 1.54) is 19.3 Å². The van der Waals surface area contributed by atoms with Crippen molar-refractivity contribution in [1.29, 1.82) is 0 Å². The molecule has 1 aromatic carbocycles. The zero-order valence-corrected chi connectivity index (χ0v) is 10.2. The highest BCUT2D eigenvalue weighted by Crippen LogP contribution is 2.44. The lowest BCUT2D eigenvalue weighted by Gasteiger charge is -2.23. The monoisotopic (exact) mass is 246 g/mol. The van der Waals surface area contributed by atoms with Gasteiger partial charge in [0.25, 0.3) is 5.91 Å². The molecule has 4 nitrogen and oxygen atoms in total. The van der Waals surface area contributed by atoms with E-state index in [0.717, 1.165) is 12.3 Å². The number of fused-ring (bicyclic) bond motifs is 2. The van der Waals surface area contributed by atoms with Crippen LogP contribution in [0.3, 0.4) is 0 Å². The molecule has 0 aromatic heterocycles. The number of carbonyl (C=O) groups excluding carboxylic acids is 1. The first-order valence-corrected chi connectivity index (χ1v) is 6.53. The number of nitrogens with two attached hydrogens (primary N) is 1. The summed E-state index contributed by atoms with van der Waals surface area (Å²) in [4.78, 5) is 12.1. The van der Waals surface area contributed by atoms with Gasteiger partial charge in [-0.3, -0.25) is 4.79 Å². The molecule has 2 fully saturated rings.